The van der Waals surface area contributed by atoms with Crippen LogP contribution in [0.25, 0.3) is 0 Å². The maximum atomic E-state index is 14.3. The number of ketones is 2. The SMILES string of the molecule is COc1cc(C2C3=C(CC(C)(C)CC3=O)N(CCc3ccccc3)C3=C2C(=O)CC(C)(C)C3)cc(I)c1OCc1cc(C)cc(C)c1. The Morgan fingerprint density at radius 3 is 1.91 bits per heavy atom. The molecule has 0 saturated carbocycles. The molecule has 0 fully saturated rings. The average molecular weight is 744 g/mol. The Kier molecular flexibility index (Phi) is 9.20. The van der Waals surface area contributed by atoms with E-state index in [0.717, 1.165) is 63.0 Å². The maximum absolute atomic E-state index is 14.3. The summed E-state index contributed by atoms with van der Waals surface area (Å²) in [6.07, 6.45) is 3.33. The lowest BCUT2D eigenvalue weighted by atomic mass is 9.63. The second-order valence-electron chi connectivity index (χ2n) is 15.2. The van der Waals surface area contributed by atoms with Gasteiger partial charge in [0.05, 0.1) is 10.7 Å². The second-order valence-corrected chi connectivity index (χ2v) is 16.4. The minimum atomic E-state index is -0.434. The predicted molar refractivity (Wildman–Crippen MR) is 196 cm³/mol. The fourth-order valence-electron chi connectivity index (χ4n) is 7.89. The number of allylic oxidation sites excluding steroid dienone is 4. The molecule has 3 aromatic rings. The van der Waals surface area contributed by atoms with E-state index in [1.54, 1.807) is 7.11 Å². The van der Waals surface area contributed by atoms with Crippen molar-refractivity contribution >= 4 is 34.2 Å². The van der Waals surface area contributed by atoms with E-state index in [0.29, 0.717) is 30.9 Å². The minimum absolute atomic E-state index is 0.138. The van der Waals surface area contributed by atoms with E-state index in [1.165, 1.54) is 16.7 Å². The van der Waals surface area contributed by atoms with Crippen LogP contribution in [-0.2, 0) is 22.6 Å². The quantitative estimate of drug-likeness (QED) is 0.215. The van der Waals surface area contributed by atoms with Gasteiger partial charge in [0.15, 0.2) is 23.1 Å². The van der Waals surface area contributed by atoms with Gasteiger partial charge in [-0.2, -0.15) is 0 Å². The number of benzene rings is 3. The lowest BCUT2D eigenvalue weighted by Gasteiger charge is -2.49. The number of ether oxygens (including phenoxy) is 2. The van der Waals surface area contributed by atoms with Crippen molar-refractivity contribution in [2.45, 2.75) is 86.2 Å². The van der Waals surface area contributed by atoms with Gasteiger partial charge in [-0.1, -0.05) is 87.4 Å². The van der Waals surface area contributed by atoms with Gasteiger partial charge in [-0.15, -0.1) is 0 Å². The highest BCUT2D eigenvalue weighted by atomic mass is 127. The predicted octanol–water partition coefficient (Wildman–Crippen LogP) is 9.42. The van der Waals surface area contributed by atoms with Crippen LogP contribution >= 0.6 is 22.6 Å². The lowest BCUT2D eigenvalue weighted by Crippen LogP contribution is -2.45. The van der Waals surface area contributed by atoms with Crippen LogP contribution in [0.4, 0.5) is 0 Å². The van der Waals surface area contributed by atoms with Gasteiger partial charge in [0.2, 0.25) is 0 Å². The summed E-state index contributed by atoms with van der Waals surface area (Å²) in [5.74, 6) is 1.13. The minimum Gasteiger partial charge on any atom is -0.493 e. The Morgan fingerprint density at radius 1 is 0.787 bits per heavy atom. The first-order valence-corrected chi connectivity index (χ1v) is 17.7. The summed E-state index contributed by atoms with van der Waals surface area (Å²) in [6.45, 7) is 14.1. The molecule has 0 atom stereocenters. The molecule has 0 radical (unpaired) electrons. The first kappa shape index (κ1) is 33.5. The summed E-state index contributed by atoms with van der Waals surface area (Å²) in [6, 6.07) is 21.0. The van der Waals surface area contributed by atoms with Crippen molar-refractivity contribution in [2.75, 3.05) is 13.7 Å². The van der Waals surface area contributed by atoms with E-state index in [1.807, 2.05) is 12.1 Å². The number of carbonyl (C=O) groups excluding carboxylic acids is 2. The van der Waals surface area contributed by atoms with Gasteiger partial charge >= 0.3 is 0 Å². The number of nitrogens with zero attached hydrogens (tertiary/aromatic N) is 1. The third-order valence-corrected chi connectivity index (χ3v) is 10.5. The fraction of sp³-hybridized carbons (Fsp3) is 0.415. The van der Waals surface area contributed by atoms with Crippen LogP contribution in [0.3, 0.4) is 0 Å². The molecule has 1 heterocycles. The molecular weight excluding hydrogens is 697 g/mol. The highest BCUT2D eigenvalue weighted by Crippen LogP contribution is 2.55. The molecule has 0 saturated heterocycles. The van der Waals surface area contributed by atoms with Crippen LogP contribution < -0.4 is 9.47 Å². The Hall–Kier alpha value is -3.39. The average Bonchev–Trinajstić information content (AvgIpc) is 2.97. The van der Waals surface area contributed by atoms with E-state index in [-0.39, 0.29) is 22.4 Å². The van der Waals surface area contributed by atoms with Gasteiger partial charge in [0.1, 0.15) is 6.61 Å². The zero-order valence-electron chi connectivity index (χ0n) is 28.8. The number of carbonyl (C=O) groups is 2. The zero-order valence-corrected chi connectivity index (χ0v) is 30.9. The highest BCUT2D eigenvalue weighted by molar-refractivity contribution is 14.1. The molecule has 0 bridgehead atoms. The summed E-state index contributed by atoms with van der Waals surface area (Å²) in [5, 5.41) is 0. The maximum Gasteiger partial charge on any atom is 0.174 e. The number of aryl methyl sites for hydroxylation is 2. The van der Waals surface area contributed by atoms with E-state index in [2.05, 4.69) is 118 Å². The van der Waals surface area contributed by atoms with Crippen molar-refractivity contribution in [3.05, 3.63) is 115 Å². The van der Waals surface area contributed by atoms with Gasteiger partial charge in [0, 0.05) is 47.8 Å². The first-order valence-electron chi connectivity index (χ1n) is 16.7. The van der Waals surface area contributed by atoms with Crippen LogP contribution in [0, 0.1) is 28.2 Å². The Labute approximate surface area is 293 Å². The third kappa shape index (κ3) is 6.94. The zero-order chi connectivity index (χ0) is 33.7. The van der Waals surface area contributed by atoms with Crippen molar-refractivity contribution in [2.24, 2.45) is 10.8 Å². The van der Waals surface area contributed by atoms with Gasteiger partial charge in [-0.05, 0) is 95.4 Å². The van der Waals surface area contributed by atoms with Crippen molar-refractivity contribution in [3.8, 4) is 11.5 Å². The molecule has 3 aliphatic rings. The highest BCUT2D eigenvalue weighted by Gasteiger charge is 2.49. The molecule has 0 N–H and O–H groups in total. The topological polar surface area (TPSA) is 55.8 Å². The molecule has 47 heavy (non-hydrogen) atoms. The van der Waals surface area contributed by atoms with Crippen LogP contribution in [-0.4, -0.2) is 30.1 Å². The van der Waals surface area contributed by atoms with Crippen LogP contribution in [0.1, 0.15) is 87.1 Å². The fourth-order valence-corrected chi connectivity index (χ4v) is 8.67. The molecule has 6 heteroatoms. The number of Topliss-reactive ketones (excluding diaryl/α,β-unsaturated/α-hetero) is 2. The van der Waals surface area contributed by atoms with Gasteiger partial charge in [0.25, 0.3) is 0 Å². The molecule has 5 nitrogen and oxygen atoms in total. The van der Waals surface area contributed by atoms with Gasteiger partial charge < -0.3 is 14.4 Å². The van der Waals surface area contributed by atoms with E-state index < -0.39 is 5.92 Å². The summed E-state index contributed by atoms with van der Waals surface area (Å²) >= 11 is 2.31. The van der Waals surface area contributed by atoms with E-state index >= 15 is 0 Å². The third-order valence-electron chi connectivity index (χ3n) is 9.74. The van der Waals surface area contributed by atoms with Crippen LogP contribution in [0.15, 0.2) is 83.2 Å². The molecular formula is C41H46INO4. The summed E-state index contributed by atoms with van der Waals surface area (Å²) in [5.41, 5.74) is 9.05. The van der Waals surface area contributed by atoms with E-state index in [4.69, 9.17) is 9.47 Å². The van der Waals surface area contributed by atoms with Crippen LogP contribution in [0.2, 0.25) is 0 Å². The summed E-state index contributed by atoms with van der Waals surface area (Å²) in [7, 11) is 1.66. The molecule has 0 aromatic heterocycles. The number of methoxy groups -OCH3 is 1. The largest absolute Gasteiger partial charge is 0.493 e. The van der Waals surface area contributed by atoms with Crippen molar-refractivity contribution in [3.63, 3.8) is 0 Å². The number of hydrogen-bond donors (Lipinski definition) is 0. The van der Waals surface area contributed by atoms with Crippen molar-refractivity contribution in [1.82, 2.24) is 4.90 Å². The number of rotatable bonds is 8. The van der Waals surface area contributed by atoms with Crippen molar-refractivity contribution in [1.29, 1.82) is 0 Å². The van der Waals surface area contributed by atoms with Gasteiger partial charge in [-0.3, -0.25) is 9.59 Å². The Bertz CT molecular complexity index is 1730. The Balaban J connectivity index is 1.47. The standard InChI is InChI=1S/C41H46INO4/c1-25-15-26(2)17-28(16-25)24-47-39-30(42)18-29(19-35(39)46-7)36-37-31(20-40(3,4)22-33(37)44)43(14-13-27-11-9-8-10-12-27)32-21-41(5,6)23-34(45)38(32)36/h8-12,15-19,36H,13-14,20-24H2,1-7H3. The summed E-state index contributed by atoms with van der Waals surface area (Å²) in [4.78, 5) is 31.0. The van der Waals surface area contributed by atoms with Crippen LogP contribution in [0.5, 0.6) is 11.5 Å². The van der Waals surface area contributed by atoms with E-state index in [9.17, 15) is 9.59 Å². The monoisotopic (exact) mass is 743 g/mol. The number of halogens is 1. The lowest BCUT2D eigenvalue weighted by molar-refractivity contribution is -0.119. The molecule has 6 rings (SSSR count). The first-order chi connectivity index (χ1) is 22.2. The molecule has 0 amide bonds. The molecule has 0 unspecified atom stereocenters. The smallest absolute Gasteiger partial charge is 0.174 e. The van der Waals surface area contributed by atoms with Crippen molar-refractivity contribution < 1.29 is 19.1 Å². The van der Waals surface area contributed by atoms with Gasteiger partial charge in [-0.25, -0.2) is 0 Å². The molecule has 1 aliphatic heterocycles. The second kappa shape index (κ2) is 12.9. The molecule has 0 spiro atoms. The molecule has 246 valence electrons. The summed E-state index contributed by atoms with van der Waals surface area (Å²) < 4.78 is 13.2. The molecule has 3 aromatic carbocycles. The number of hydrogen-bond acceptors (Lipinski definition) is 5. The Morgan fingerprint density at radius 2 is 1.36 bits per heavy atom. The normalized spacial score (nSPS) is 19.1. The molecule has 2 aliphatic carbocycles.